The molecule has 0 aromatic heterocycles. The van der Waals surface area contributed by atoms with Crippen LogP contribution in [-0.2, 0) is 6.42 Å². The maximum atomic E-state index is 6.00. The maximum absolute atomic E-state index is 6.00. The van der Waals surface area contributed by atoms with E-state index in [9.17, 15) is 0 Å². The summed E-state index contributed by atoms with van der Waals surface area (Å²) < 4.78 is 0. The minimum Gasteiger partial charge on any atom is -0.259 e. The van der Waals surface area contributed by atoms with Crippen molar-refractivity contribution in [1.82, 2.24) is 0 Å². The molecule has 3 rings (SSSR count). The van der Waals surface area contributed by atoms with Crippen LogP contribution in [0.15, 0.2) is 23.3 Å². The molecule has 0 aliphatic carbocycles. The molecule has 1 atom stereocenters. The highest BCUT2D eigenvalue weighted by molar-refractivity contribution is 6.30. The number of hydrogen-bond donors (Lipinski definition) is 0. The Hall–Kier alpha value is -1.02. The molecule has 1 aromatic rings. The van der Waals surface area contributed by atoms with Crippen molar-refractivity contribution < 1.29 is 0 Å². The van der Waals surface area contributed by atoms with Crippen molar-refractivity contribution in [2.75, 3.05) is 5.01 Å². The van der Waals surface area contributed by atoms with E-state index in [4.69, 9.17) is 11.6 Å². The number of hydrazone groups is 1. The normalized spacial score (nSPS) is 27.7. The van der Waals surface area contributed by atoms with Crippen LogP contribution in [0.5, 0.6) is 0 Å². The lowest BCUT2D eigenvalue weighted by Crippen LogP contribution is -2.36. The highest BCUT2D eigenvalue weighted by Gasteiger charge is 2.44. The fourth-order valence-electron chi connectivity index (χ4n) is 2.75. The highest BCUT2D eigenvalue weighted by atomic mass is 35.5. The van der Waals surface area contributed by atoms with Crippen molar-refractivity contribution in [2.45, 2.75) is 32.2 Å². The van der Waals surface area contributed by atoms with Crippen LogP contribution in [0.2, 0.25) is 5.02 Å². The first-order valence-electron chi connectivity index (χ1n) is 5.21. The van der Waals surface area contributed by atoms with E-state index in [-0.39, 0.29) is 5.54 Å². The standard InChI is InChI=1S/C12H13ClN2/c1-8-6-12(2)7-9-5-10(13)3-4-11(9)15(12)14-8/h3-5H,6-7H2,1-2H3. The number of fused-ring (bicyclic) bond motifs is 3. The fraction of sp³-hybridized carbons (Fsp3) is 0.417. The van der Waals surface area contributed by atoms with Gasteiger partial charge in [-0.3, -0.25) is 5.01 Å². The van der Waals surface area contributed by atoms with Gasteiger partial charge in [-0.25, -0.2) is 0 Å². The summed E-state index contributed by atoms with van der Waals surface area (Å²) in [6, 6.07) is 6.08. The van der Waals surface area contributed by atoms with Gasteiger partial charge in [-0.2, -0.15) is 5.10 Å². The summed E-state index contributed by atoms with van der Waals surface area (Å²) in [4.78, 5) is 0. The molecule has 1 unspecified atom stereocenters. The zero-order valence-corrected chi connectivity index (χ0v) is 9.67. The van der Waals surface area contributed by atoms with Gasteiger partial charge in [0, 0.05) is 17.2 Å². The molecule has 78 valence electrons. The third-order valence-electron chi connectivity index (χ3n) is 3.26. The second-order valence-electron chi connectivity index (χ2n) is 4.77. The van der Waals surface area contributed by atoms with Gasteiger partial charge in [-0.1, -0.05) is 11.6 Å². The Morgan fingerprint density at radius 3 is 3.00 bits per heavy atom. The third kappa shape index (κ3) is 1.21. The van der Waals surface area contributed by atoms with Gasteiger partial charge in [0.1, 0.15) is 0 Å². The molecule has 2 aliphatic rings. The van der Waals surface area contributed by atoms with Gasteiger partial charge in [-0.15, -0.1) is 0 Å². The van der Waals surface area contributed by atoms with Crippen LogP contribution in [-0.4, -0.2) is 11.3 Å². The number of anilines is 1. The summed E-state index contributed by atoms with van der Waals surface area (Å²) in [6.07, 6.45) is 2.10. The van der Waals surface area contributed by atoms with E-state index in [1.54, 1.807) is 0 Å². The number of nitrogens with zero attached hydrogens (tertiary/aromatic N) is 2. The lowest BCUT2D eigenvalue weighted by molar-refractivity contribution is 0.494. The van der Waals surface area contributed by atoms with Crippen LogP contribution in [0, 0.1) is 0 Å². The Labute approximate surface area is 94.5 Å². The first-order valence-corrected chi connectivity index (χ1v) is 5.59. The number of halogens is 1. The van der Waals surface area contributed by atoms with Gasteiger partial charge in [-0.05, 0) is 44.0 Å². The van der Waals surface area contributed by atoms with Crippen LogP contribution >= 0.6 is 11.6 Å². The summed E-state index contributed by atoms with van der Waals surface area (Å²) in [5.41, 5.74) is 3.91. The number of benzene rings is 1. The monoisotopic (exact) mass is 220 g/mol. The molecular formula is C12H13ClN2. The first-order chi connectivity index (χ1) is 7.08. The van der Waals surface area contributed by atoms with E-state index in [1.165, 1.54) is 17.0 Å². The average molecular weight is 221 g/mol. The molecule has 2 aliphatic heterocycles. The summed E-state index contributed by atoms with van der Waals surface area (Å²) in [7, 11) is 0. The summed E-state index contributed by atoms with van der Waals surface area (Å²) in [5, 5.41) is 7.58. The molecule has 0 saturated heterocycles. The predicted octanol–water partition coefficient (Wildman–Crippen LogP) is 3.24. The minimum absolute atomic E-state index is 0.150. The summed E-state index contributed by atoms with van der Waals surface area (Å²) in [5.74, 6) is 0. The molecule has 0 radical (unpaired) electrons. The zero-order valence-electron chi connectivity index (χ0n) is 8.92. The van der Waals surface area contributed by atoms with E-state index in [0.29, 0.717) is 0 Å². The molecule has 0 bridgehead atoms. The van der Waals surface area contributed by atoms with Gasteiger partial charge in [0.25, 0.3) is 0 Å². The molecule has 2 heterocycles. The Bertz CT molecular complexity index is 467. The van der Waals surface area contributed by atoms with Crippen molar-refractivity contribution in [1.29, 1.82) is 0 Å². The van der Waals surface area contributed by atoms with Crippen LogP contribution < -0.4 is 5.01 Å². The van der Waals surface area contributed by atoms with E-state index in [0.717, 1.165) is 17.9 Å². The lowest BCUT2D eigenvalue weighted by Gasteiger charge is -2.26. The smallest absolute Gasteiger partial charge is 0.0700 e. The number of hydrogen-bond acceptors (Lipinski definition) is 2. The zero-order chi connectivity index (χ0) is 10.6. The fourth-order valence-corrected chi connectivity index (χ4v) is 2.94. The number of rotatable bonds is 0. The topological polar surface area (TPSA) is 15.6 Å². The quantitative estimate of drug-likeness (QED) is 0.656. The van der Waals surface area contributed by atoms with Crippen LogP contribution in [0.3, 0.4) is 0 Å². The Morgan fingerprint density at radius 2 is 2.20 bits per heavy atom. The van der Waals surface area contributed by atoms with Crippen LogP contribution in [0.25, 0.3) is 0 Å². The molecule has 2 nitrogen and oxygen atoms in total. The lowest BCUT2D eigenvalue weighted by atomic mass is 9.93. The Morgan fingerprint density at radius 1 is 1.40 bits per heavy atom. The van der Waals surface area contributed by atoms with E-state index >= 15 is 0 Å². The summed E-state index contributed by atoms with van der Waals surface area (Å²) in [6.45, 7) is 4.36. The van der Waals surface area contributed by atoms with E-state index < -0.39 is 0 Å². The van der Waals surface area contributed by atoms with Gasteiger partial charge >= 0.3 is 0 Å². The van der Waals surface area contributed by atoms with Crippen LogP contribution in [0.1, 0.15) is 25.8 Å². The molecule has 0 saturated carbocycles. The molecule has 0 N–H and O–H groups in total. The molecule has 0 fully saturated rings. The van der Waals surface area contributed by atoms with Crippen LogP contribution in [0.4, 0.5) is 5.69 Å². The maximum Gasteiger partial charge on any atom is 0.0700 e. The summed E-state index contributed by atoms with van der Waals surface area (Å²) >= 11 is 6.00. The second kappa shape index (κ2) is 2.76. The second-order valence-corrected chi connectivity index (χ2v) is 5.21. The van der Waals surface area contributed by atoms with Crippen molar-refractivity contribution >= 4 is 23.0 Å². The average Bonchev–Trinajstić information content (AvgIpc) is 2.53. The van der Waals surface area contributed by atoms with Crippen molar-refractivity contribution in [3.8, 4) is 0 Å². The molecular weight excluding hydrogens is 208 g/mol. The first kappa shape index (κ1) is 9.22. The van der Waals surface area contributed by atoms with Gasteiger partial charge in [0.15, 0.2) is 0 Å². The SMILES string of the molecule is CC1=NN2c3ccc(Cl)cc3CC2(C)C1. The molecule has 0 amide bonds. The third-order valence-corrected chi connectivity index (χ3v) is 3.49. The van der Waals surface area contributed by atoms with Gasteiger partial charge < -0.3 is 0 Å². The highest BCUT2D eigenvalue weighted by Crippen LogP contribution is 2.44. The van der Waals surface area contributed by atoms with Crippen molar-refractivity contribution in [3.63, 3.8) is 0 Å². The Kier molecular flexibility index (Phi) is 1.70. The van der Waals surface area contributed by atoms with Crippen molar-refractivity contribution in [3.05, 3.63) is 28.8 Å². The van der Waals surface area contributed by atoms with E-state index in [2.05, 4.69) is 36.1 Å². The van der Waals surface area contributed by atoms with Gasteiger partial charge in [0.2, 0.25) is 0 Å². The molecule has 3 heteroatoms. The van der Waals surface area contributed by atoms with E-state index in [1.807, 2.05) is 6.07 Å². The largest absolute Gasteiger partial charge is 0.259 e. The molecule has 1 aromatic carbocycles. The Balaban J connectivity index is 2.14. The molecule has 0 spiro atoms. The van der Waals surface area contributed by atoms with Crippen molar-refractivity contribution in [2.24, 2.45) is 5.10 Å². The molecule has 15 heavy (non-hydrogen) atoms. The minimum atomic E-state index is 0.150. The predicted molar refractivity (Wildman–Crippen MR) is 63.8 cm³/mol. The van der Waals surface area contributed by atoms with Gasteiger partial charge in [0.05, 0.1) is 11.2 Å².